The van der Waals surface area contributed by atoms with E-state index < -0.39 is 10.0 Å². The molecule has 1 aromatic carbocycles. The van der Waals surface area contributed by atoms with Crippen LogP contribution in [0.3, 0.4) is 0 Å². The van der Waals surface area contributed by atoms with Crippen molar-refractivity contribution < 1.29 is 17.9 Å². The Labute approximate surface area is 124 Å². The van der Waals surface area contributed by atoms with Gasteiger partial charge in [-0.3, -0.25) is 4.79 Å². The fraction of sp³-hybridized carbons (Fsp3) is 0.417. The molecule has 0 saturated carbocycles. The lowest BCUT2D eigenvalue weighted by Gasteiger charge is -2.19. The van der Waals surface area contributed by atoms with E-state index in [4.69, 9.17) is 15.6 Å². The molecule has 0 fully saturated rings. The minimum absolute atomic E-state index is 0.0432. The van der Waals surface area contributed by atoms with E-state index in [-0.39, 0.29) is 23.0 Å². The lowest BCUT2D eigenvalue weighted by Crippen LogP contribution is -2.36. The van der Waals surface area contributed by atoms with Crippen LogP contribution in [0, 0.1) is 0 Å². The fourth-order valence-electron chi connectivity index (χ4n) is 1.69. The Morgan fingerprint density at radius 1 is 1.43 bits per heavy atom. The van der Waals surface area contributed by atoms with Gasteiger partial charge in [-0.25, -0.2) is 13.6 Å². The van der Waals surface area contributed by atoms with Crippen LogP contribution >= 0.6 is 0 Å². The lowest BCUT2D eigenvalue weighted by molar-refractivity contribution is -0.119. The Kier molecular flexibility index (Phi) is 5.94. The number of primary sulfonamides is 1. The van der Waals surface area contributed by atoms with Crippen molar-refractivity contribution in [2.24, 2.45) is 5.14 Å². The number of nitrogens with zero attached hydrogens (tertiary/aromatic N) is 1. The molecule has 0 bridgehead atoms. The highest BCUT2D eigenvalue weighted by molar-refractivity contribution is 7.89. The summed E-state index contributed by atoms with van der Waals surface area (Å²) in [5, 5.41) is 7.72. The van der Waals surface area contributed by atoms with Crippen LogP contribution in [0.2, 0.25) is 0 Å². The quantitative estimate of drug-likeness (QED) is 0.442. The number of nitrogen functional groups attached to an aromatic ring is 1. The van der Waals surface area contributed by atoms with Crippen molar-refractivity contribution in [1.82, 2.24) is 5.32 Å². The maximum absolute atomic E-state index is 11.7. The van der Waals surface area contributed by atoms with Crippen molar-refractivity contribution in [1.29, 1.82) is 0 Å². The van der Waals surface area contributed by atoms with E-state index >= 15 is 0 Å². The molecule has 118 valence electrons. The van der Waals surface area contributed by atoms with Gasteiger partial charge in [0, 0.05) is 26.4 Å². The van der Waals surface area contributed by atoms with Crippen molar-refractivity contribution >= 4 is 27.3 Å². The first-order valence-electron chi connectivity index (χ1n) is 6.15. The molecule has 0 aliphatic rings. The molecule has 5 N–H and O–H groups in total. The van der Waals surface area contributed by atoms with Gasteiger partial charge in [-0.1, -0.05) is 0 Å². The van der Waals surface area contributed by atoms with E-state index in [2.05, 4.69) is 5.32 Å². The number of methoxy groups -OCH3 is 1. The van der Waals surface area contributed by atoms with Gasteiger partial charge < -0.3 is 20.7 Å². The van der Waals surface area contributed by atoms with Gasteiger partial charge in [0.1, 0.15) is 4.90 Å². The van der Waals surface area contributed by atoms with Crippen molar-refractivity contribution in [3.63, 3.8) is 0 Å². The standard InChI is InChI=1S/C12H20N4O4S/c1-16(8-12(17)15-5-6-20-2)9-3-4-11(10(13)7-9)21(14,18)19/h3-4,7H,5-6,8,13H2,1-2H3,(H,15,17)(H2,14,18,19). The maximum Gasteiger partial charge on any atom is 0.240 e. The van der Waals surface area contributed by atoms with Crippen LogP contribution < -0.4 is 21.1 Å². The number of ether oxygens (including phenoxy) is 1. The molecule has 0 aliphatic heterocycles. The predicted molar refractivity (Wildman–Crippen MR) is 80.4 cm³/mol. The van der Waals surface area contributed by atoms with Gasteiger partial charge in [0.05, 0.1) is 18.8 Å². The average molecular weight is 316 g/mol. The normalized spacial score (nSPS) is 11.2. The van der Waals surface area contributed by atoms with Gasteiger partial charge >= 0.3 is 0 Å². The molecule has 0 spiro atoms. The molecule has 21 heavy (non-hydrogen) atoms. The lowest BCUT2D eigenvalue weighted by atomic mass is 10.2. The topological polar surface area (TPSA) is 128 Å². The van der Waals surface area contributed by atoms with Gasteiger partial charge in [-0.15, -0.1) is 0 Å². The second kappa shape index (κ2) is 7.25. The minimum Gasteiger partial charge on any atom is -0.398 e. The number of likely N-dealkylation sites (N-methyl/N-ethyl adjacent to an activating group) is 1. The Morgan fingerprint density at radius 2 is 2.10 bits per heavy atom. The summed E-state index contributed by atoms with van der Waals surface area (Å²) in [4.78, 5) is 13.2. The monoisotopic (exact) mass is 316 g/mol. The summed E-state index contributed by atoms with van der Waals surface area (Å²) >= 11 is 0. The van der Waals surface area contributed by atoms with Crippen molar-refractivity contribution in [2.75, 3.05) is 44.5 Å². The van der Waals surface area contributed by atoms with Crippen molar-refractivity contribution in [2.45, 2.75) is 4.90 Å². The molecule has 1 rings (SSSR count). The van der Waals surface area contributed by atoms with Gasteiger partial charge in [0.15, 0.2) is 0 Å². The fourth-order valence-corrected chi connectivity index (χ4v) is 2.33. The van der Waals surface area contributed by atoms with E-state index in [0.29, 0.717) is 18.8 Å². The molecule has 9 heteroatoms. The molecule has 0 unspecified atom stereocenters. The summed E-state index contributed by atoms with van der Waals surface area (Å²) in [5.74, 6) is -0.177. The number of sulfonamides is 1. The third-order valence-electron chi connectivity index (χ3n) is 2.75. The van der Waals surface area contributed by atoms with Crippen LogP contribution in [0.15, 0.2) is 23.1 Å². The third kappa shape index (κ3) is 5.21. The summed E-state index contributed by atoms with van der Waals surface area (Å²) in [6, 6.07) is 4.32. The second-order valence-corrected chi connectivity index (χ2v) is 6.00. The van der Waals surface area contributed by atoms with Gasteiger partial charge in [-0.2, -0.15) is 0 Å². The zero-order valence-electron chi connectivity index (χ0n) is 12.0. The Morgan fingerprint density at radius 3 is 2.62 bits per heavy atom. The number of nitrogens with two attached hydrogens (primary N) is 2. The highest BCUT2D eigenvalue weighted by Gasteiger charge is 2.14. The molecule has 1 amide bonds. The van der Waals surface area contributed by atoms with Gasteiger partial charge in [-0.05, 0) is 18.2 Å². The minimum atomic E-state index is -3.85. The first-order chi connectivity index (χ1) is 9.75. The number of amides is 1. The summed E-state index contributed by atoms with van der Waals surface area (Å²) in [6.07, 6.45) is 0. The van der Waals surface area contributed by atoms with Gasteiger partial charge in [0.2, 0.25) is 15.9 Å². The van der Waals surface area contributed by atoms with Crippen LogP contribution in [0.4, 0.5) is 11.4 Å². The number of hydrogen-bond acceptors (Lipinski definition) is 6. The number of carbonyl (C=O) groups is 1. The third-order valence-corrected chi connectivity index (χ3v) is 3.73. The summed E-state index contributed by atoms with van der Waals surface area (Å²) in [5.41, 5.74) is 6.33. The average Bonchev–Trinajstić information content (AvgIpc) is 2.37. The van der Waals surface area contributed by atoms with E-state index in [0.717, 1.165) is 0 Å². The SMILES string of the molecule is COCCNC(=O)CN(C)c1ccc(S(N)(=O)=O)c(N)c1. The molecule has 1 aromatic rings. The second-order valence-electron chi connectivity index (χ2n) is 4.47. The maximum atomic E-state index is 11.7. The smallest absolute Gasteiger partial charge is 0.240 e. The molecule has 8 nitrogen and oxygen atoms in total. The highest BCUT2D eigenvalue weighted by atomic mass is 32.2. The van der Waals surface area contributed by atoms with Crippen LogP contribution in [-0.4, -0.2) is 48.2 Å². The number of hydrogen-bond donors (Lipinski definition) is 3. The molecular formula is C12H20N4O4S. The largest absolute Gasteiger partial charge is 0.398 e. The highest BCUT2D eigenvalue weighted by Crippen LogP contribution is 2.23. The Bertz CT molecular complexity index is 603. The van der Waals surface area contributed by atoms with Gasteiger partial charge in [0.25, 0.3) is 0 Å². The van der Waals surface area contributed by atoms with E-state index in [1.54, 1.807) is 25.1 Å². The van der Waals surface area contributed by atoms with Crippen LogP contribution in [0.5, 0.6) is 0 Å². The van der Waals surface area contributed by atoms with E-state index in [9.17, 15) is 13.2 Å². The first-order valence-corrected chi connectivity index (χ1v) is 7.69. The molecular weight excluding hydrogens is 296 g/mol. The number of benzene rings is 1. The van der Waals surface area contributed by atoms with E-state index in [1.807, 2.05) is 0 Å². The molecule has 0 radical (unpaired) electrons. The van der Waals surface area contributed by atoms with Crippen LogP contribution in [0.25, 0.3) is 0 Å². The number of rotatable bonds is 7. The number of anilines is 2. The number of carbonyl (C=O) groups excluding carboxylic acids is 1. The van der Waals surface area contributed by atoms with Crippen LogP contribution in [0.1, 0.15) is 0 Å². The Hall–Kier alpha value is -1.84. The summed E-state index contributed by atoms with van der Waals surface area (Å²) in [6.45, 7) is 0.971. The molecule has 0 saturated heterocycles. The zero-order valence-corrected chi connectivity index (χ0v) is 12.8. The van der Waals surface area contributed by atoms with Crippen molar-refractivity contribution in [3.8, 4) is 0 Å². The van der Waals surface area contributed by atoms with Crippen LogP contribution in [-0.2, 0) is 19.6 Å². The summed E-state index contributed by atoms with van der Waals surface area (Å²) < 4.78 is 27.4. The first kappa shape index (κ1) is 17.2. The number of nitrogens with one attached hydrogen (secondary N) is 1. The predicted octanol–water partition coefficient (Wildman–Crippen LogP) is -0.885. The zero-order chi connectivity index (χ0) is 16.0. The van der Waals surface area contributed by atoms with Crippen molar-refractivity contribution in [3.05, 3.63) is 18.2 Å². The van der Waals surface area contributed by atoms with E-state index in [1.165, 1.54) is 12.1 Å². The molecule has 0 aromatic heterocycles. The summed E-state index contributed by atoms with van der Waals surface area (Å²) in [7, 11) is -0.605. The molecule has 0 atom stereocenters. The Balaban J connectivity index is 2.73. The molecule has 0 aliphatic carbocycles. The molecule has 0 heterocycles.